The number of aryl methyl sites for hydroxylation is 3. The second kappa shape index (κ2) is 6.12. The van der Waals surface area contributed by atoms with Gasteiger partial charge in [-0.25, -0.2) is 0 Å². The van der Waals surface area contributed by atoms with Gasteiger partial charge in [-0.05, 0) is 25.1 Å². The lowest BCUT2D eigenvalue weighted by atomic mass is 10.1. The van der Waals surface area contributed by atoms with E-state index < -0.39 is 0 Å². The highest BCUT2D eigenvalue weighted by Gasteiger charge is 2.12. The summed E-state index contributed by atoms with van der Waals surface area (Å²) in [6.07, 6.45) is 3.43. The van der Waals surface area contributed by atoms with Gasteiger partial charge in [0.05, 0.1) is 19.6 Å². The highest BCUT2D eigenvalue weighted by atomic mass is 16.5. The summed E-state index contributed by atoms with van der Waals surface area (Å²) in [5, 5.41) is 9.13. The summed E-state index contributed by atoms with van der Waals surface area (Å²) in [6, 6.07) is 5.38. The highest BCUT2D eigenvalue weighted by Crippen LogP contribution is 2.33. The minimum Gasteiger partial charge on any atom is -0.493 e. The van der Waals surface area contributed by atoms with Gasteiger partial charge < -0.3 is 18.6 Å². The fraction of sp³-hybridized carbons (Fsp3) is 0.312. The van der Waals surface area contributed by atoms with E-state index in [9.17, 15) is 4.79 Å². The van der Waals surface area contributed by atoms with Crippen LogP contribution in [-0.2, 0) is 13.1 Å². The molecule has 1 aromatic carbocycles. The summed E-state index contributed by atoms with van der Waals surface area (Å²) in [5.74, 6) is 2.01. The van der Waals surface area contributed by atoms with Crippen LogP contribution in [0, 0.1) is 6.92 Å². The third-order valence-corrected chi connectivity index (χ3v) is 3.89. The van der Waals surface area contributed by atoms with Crippen LogP contribution in [0.2, 0.25) is 0 Å². The first-order valence-corrected chi connectivity index (χ1v) is 7.24. The average molecular weight is 314 g/mol. The molecule has 0 spiro atoms. The van der Waals surface area contributed by atoms with E-state index in [1.807, 2.05) is 17.6 Å². The van der Waals surface area contributed by atoms with Gasteiger partial charge in [-0.2, -0.15) is 0 Å². The number of benzene rings is 1. The Morgan fingerprint density at radius 2 is 1.83 bits per heavy atom. The number of pyridine rings is 1. The Kier molecular flexibility index (Phi) is 4.01. The topological polar surface area (TPSA) is 71.2 Å². The minimum absolute atomic E-state index is 0.0609. The maximum Gasteiger partial charge on any atom is 0.258 e. The molecule has 3 rings (SSSR count). The van der Waals surface area contributed by atoms with E-state index in [4.69, 9.17) is 9.47 Å². The maximum absolute atomic E-state index is 12.7. The zero-order valence-corrected chi connectivity index (χ0v) is 13.3. The van der Waals surface area contributed by atoms with Gasteiger partial charge in [0, 0.05) is 24.7 Å². The lowest BCUT2D eigenvalue weighted by Gasteiger charge is -2.12. The smallest absolute Gasteiger partial charge is 0.258 e. The molecular weight excluding hydrogens is 296 g/mol. The van der Waals surface area contributed by atoms with E-state index >= 15 is 0 Å². The van der Waals surface area contributed by atoms with Gasteiger partial charge in [0.25, 0.3) is 5.56 Å². The zero-order valence-electron chi connectivity index (χ0n) is 13.3. The maximum atomic E-state index is 12.7. The van der Waals surface area contributed by atoms with E-state index in [-0.39, 0.29) is 5.56 Å². The molecule has 0 atom stereocenters. The van der Waals surface area contributed by atoms with Crippen LogP contribution in [0.5, 0.6) is 11.5 Å². The number of nitrogens with zero attached hydrogens (tertiary/aromatic N) is 4. The number of methoxy groups -OCH3 is 2. The normalized spacial score (nSPS) is 10.9. The van der Waals surface area contributed by atoms with Gasteiger partial charge in [-0.1, -0.05) is 0 Å². The van der Waals surface area contributed by atoms with Gasteiger partial charge in [0.15, 0.2) is 11.5 Å². The Labute approximate surface area is 133 Å². The van der Waals surface area contributed by atoms with Gasteiger partial charge in [-0.3, -0.25) is 4.79 Å². The van der Waals surface area contributed by atoms with E-state index in [1.54, 1.807) is 43.4 Å². The standard InChI is InChI=1S/C16H18N4O3/c1-11-18-17-10-20(11)9-8-19-7-6-12-13(16(19)21)4-5-14(22-2)15(12)23-3/h4-7,10H,8-9H2,1-3H3. The molecular formula is C16H18N4O3. The molecule has 2 heterocycles. The second-order valence-electron chi connectivity index (χ2n) is 5.15. The first kappa shape index (κ1) is 15.1. The van der Waals surface area contributed by atoms with Gasteiger partial charge in [-0.15, -0.1) is 10.2 Å². The molecule has 0 N–H and O–H groups in total. The monoisotopic (exact) mass is 314 g/mol. The van der Waals surface area contributed by atoms with Crippen LogP contribution in [0.25, 0.3) is 10.8 Å². The van der Waals surface area contributed by atoms with Crippen LogP contribution in [0.4, 0.5) is 0 Å². The summed E-state index contributed by atoms with van der Waals surface area (Å²) < 4.78 is 14.2. The molecule has 0 saturated heterocycles. The summed E-state index contributed by atoms with van der Waals surface area (Å²) in [6.45, 7) is 3.06. The molecule has 0 unspecified atom stereocenters. The Balaban J connectivity index is 1.99. The van der Waals surface area contributed by atoms with E-state index in [0.717, 1.165) is 11.2 Å². The van der Waals surface area contributed by atoms with Crippen LogP contribution < -0.4 is 15.0 Å². The molecule has 7 heteroatoms. The van der Waals surface area contributed by atoms with Crippen LogP contribution in [-0.4, -0.2) is 33.6 Å². The molecule has 120 valence electrons. The third kappa shape index (κ3) is 2.65. The number of ether oxygens (including phenoxy) is 2. The van der Waals surface area contributed by atoms with Crippen LogP contribution in [0.1, 0.15) is 5.82 Å². The zero-order chi connectivity index (χ0) is 16.4. The second-order valence-corrected chi connectivity index (χ2v) is 5.15. The summed E-state index contributed by atoms with van der Waals surface area (Å²) in [5.41, 5.74) is -0.0609. The fourth-order valence-corrected chi connectivity index (χ4v) is 2.61. The lowest BCUT2D eigenvalue weighted by molar-refractivity contribution is 0.358. The third-order valence-electron chi connectivity index (χ3n) is 3.89. The molecule has 0 amide bonds. The van der Waals surface area contributed by atoms with E-state index in [1.165, 1.54) is 0 Å². The van der Waals surface area contributed by atoms with Crippen molar-refractivity contribution in [3.05, 3.63) is 46.9 Å². The van der Waals surface area contributed by atoms with Crippen molar-refractivity contribution in [2.75, 3.05) is 14.2 Å². The van der Waals surface area contributed by atoms with Crippen molar-refractivity contribution in [2.24, 2.45) is 0 Å². The van der Waals surface area contributed by atoms with Gasteiger partial charge in [0.2, 0.25) is 0 Å². The predicted octanol–water partition coefficient (Wildman–Crippen LogP) is 1.62. The molecule has 0 aliphatic carbocycles. The molecule has 23 heavy (non-hydrogen) atoms. The minimum atomic E-state index is -0.0609. The van der Waals surface area contributed by atoms with E-state index in [2.05, 4.69) is 10.2 Å². The molecule has 0 saturated carbocycles. The van der Waals surface area contributed by atoms with Crippen molar-refractivity contribution in [1.29, 1.82) is 0 Å². The van der Waals surface area contributed by atoms with Crippen molar-refractivity contribution in [3.8, 4) is 11.5 Å². The summed E-state index contributed by atoms with van der Waals surface area (Å²) in [7, 11) is 3.14. The number of rotatable bonds is 5. The number of aromatic nitrogens is 4. The van der Waals surface area contributed by atoms with Crippen molar-refractivity contribution < 1.29 is 9.47 Å². The average Bonchev–Trinajstić information content (AvgIpc) is 2.98. The first-order chi connectivity index (χ1) is 11.2. The van der Waals surface area contributed by atoms with Crippen molar-refractivity contribution in [3.63, 3.8) is 0 Å². The van der Waals surface area contributed by atoms with Crippen molar-refractivity contribution in [1.82, 2.24) is 19.3 Å². The Morgan fingerprint density at radius 1 is 1.04 bits per heavy atom. The lowest BCUT2D eigenvalue weighted by Crippen LogP contribution is -2.22. The molecule has 0 aliphatic heterocycles. The molecule has 2 aromatic heterocycles. The van der Waals surface area contributed by atoms with Gasteiger partial charge >= 0.3 is 0 Å². The molecule has 0 aliphatic rings. The van der Waals surface area contributed by atoms with Gasteiger partial charge in [0.1, 0.15) is 12.2 Å². The quantitative estimate of drug-likeness (QED) is 0.715. The van der Waals surface area contributed by atoms with Crippen molar-refractivity contribution >= 4 is 10.8 Å². The first-order valence-electron chi connectivity index (χ1n) is 7.24. The molecule has 0 radical (unpaired) electrons. The SMILES string of the molecule is COc1ccc2c(=O)n(CCn3cnnc3C)ccc2c1OC. The summed E-state index contributed by atoms with van der Waals surface area (Å²) >= 11 is 0. The highest BCUT2D eigenvalue weighted by molar-refractivity contribution is 5.90. The Hall–Kier alpha value is -2.83. The summed E-state index contributed by atoms with van der Waals surface area (Å²) in [4.78, 5) is 12.7. The molecule has 0 fully saturated rings. The number of fused-ring (bicyclic) bond motifs is 1. The number of hydrogen-bond acceptors (Lipinski definition) is 5. The van der Waals surface area contributed by atoms with Crippen LogP contribution in [0.15, 0.2) is 35.5 Å². The molecule has 0 bridgehead atoms. The molecule has 3 aromatic rings. The fourth-order valence-electron chi connectivity index (χ4n) is 2.61. The number of hydrogen-bond donors (Lipinski definition) is 0. The predicted molar refractivity (Wildman–Crippen MR) is 86.1 cm³/mol. The van der Waals surface area contributed by atoms with E-state index in [0.29, 0.717) is 30.0 Å². The van der Waals surface area contributed by atoms with Crippen LogP contribution >= 0.6 is 0 Å². The Bertz CT molecular complexity index is 898. The van der Waals surface area contributed by atoms with Crippen molar-refractivity contribution in [2.45, 2.75) is 20.0 Å². The largest absolute Gasteiger partial charge is 0.493 e. The molecule has 7 nitrogen and oxygen atoms in total. The Morgan fingerprint density at radius 3 is 2.48 bits per heavy atom. The van der Waals surface area contributed by atoms with Crippen LogP contribution in [0.3, 0.4) is 0 Å².